The fourth-order valence-electron chi connectivity index (χ4n) is 2.02. The van der Waals surface area contributed by atoms with Gasteiger partial charge in [-0.2, -0.15) is 0 Å². The summed E-state index contributed by atoms with van der Waals surface area (Å²) in [6, 6.07) is 12.7. The summed E-state index contributed by atoms with van der Waals surface area (Å²) in [6.45, 7) is 1.88. The molecule has 0 aliphatic heterocycles. The fraction of sp³-hybridized carbons (Fsp3) is 0.176. The Morgan fingerprint density at radius 1 is 1.27 bits per heavy atom. The molecule has 22 heavy (non-hydrogen) atoms. The molecule has 0 aromatic heterocycles. The van der Waals surface area contributed by atoms with Gasteiger partial charge in [-0.25, -0.2) is 0 Å². The van der Waals surface area contributed by atoms with Crippen LogP contribution in [0.1, 0.15) is 22.8 Å². The molecule has 0 aliphatic carbocycles. The summed E-state index contributed by atoms with van der Waals surface area (Å²) in [7, 11) is 0. The number of anilines is 1. The van der Waals surface area contributed by atoms with Crippen molar-refractivity contribution in [1.29, 1.82) is 0 Å². The van der Waals surface area contributed by atoms with E-state index in [1.54, 1.807) is 18.2 Å². The Kier molecular flexibility index (Phi) is 5.72. The maximum absolute atomic E-state index is 12.0. The third kappa shape index (κ3) is 4.18. The second-order valence-corrected chi connectivity index (χ2v) is 5.56. The van der Waals surface area contributed by atoms with Crippen LogP contribution in [0.4, 0.5) is 5.69 Å². The van der Waals surface area contributed by atoms with Gasteiger partial charge in [-0.3, -0.25) is 9.59 Å². The van der Waals surface area contributed by atoms with Crippen LogP contribution in [0.5, 0.6) is 5.75 Å². The fourth-order valence-corrected chi connectivity index (χ4v) is 2.40. The zero-order valence-electron chi connectivity index (χ0n) is 12.1. The van der Waals surface area contributed by atoms with Gasteiger partial charge in [-0.15, -0.1) is 0 Å². The average Bonchev–Trinajstić information content (AvgIpc) is 2.54. The Balaban J connectivity index is 2.00. The maximum atomic E-state index is 12.0. The van der Waals surface area contributed by atoms with Crippen molar-refractivity contribution in [3.05, 3.63) is 58.1 Å². The van der Waals surface area contributed by atoms with Crippen molar-refractivity contribution in [2.45, 2.75) is 13.3 Å². The van der Waals surface area contributed by atoms with Crippen LogP contribution in [0.15, 0.2) is 46.9 Å². The Morgan fingerprint density at radius 2 is 2.05 bits per heavy atom. The number of carbonyl (C=O) groups excluding carboxylic acids is 2. The second kappa shape index (κ2) is 7.75. The monoisotopic (exact) mass is 361 g/mol. The number of carbonyl (C=O) groups is 2. The van der Waals surface area contributed by atoms with Gasteiger partial charge >= 0.3 is 0 Å². The third-order valence-electron chi connectivity index (χ3n) is 3.13. The molecule has 2 rings (SSSR count). The Labute approximate surface area is 137 Å². The molecular formula is C17H16BrNO3. The number of para-hydroxylation sites is 1. The minimum absolute atomic E-state index is 0.152. The van der Waals surface area contributed by atoms with E-state index in [4.69, 9.17) is 4.74 Å². The Hall–Kier alpha value is -2.14. The van der Waals surface area contributed by atoms with E-state index in [2.05, 4.69) is 21.2 Å². The summed E-state index contributed by atoms with van der Waals surface area (Å²) in [4.78, 5) is 23.0. The predicted octanol–water partition coefficient (Wildman–Crippen LogP) is 3.84. The zero-order valence-corrected chi connectivity index (χ0v) is 13.7. The van der Waals surface area contributed by atoms with Gasteiger partial charge in [0, 0.05) is 10.2 Å². The topological polar surface area (TPSA) is 55.4 Å². The zero-order chi connectivity index (χ0) is 15.9. The number of aryl methyl sites for hydroxylation is 1. The average molecular weight is 362 g/mol. The molecule has 0 unspecified atom stereocenters. The van der Waals surface area contributed by atoms with Crippen LogP contribution in [0.3, 0.4) is 0 Å². The molecule has 0 aliphatic rings. The number of nitrogens with one attached hydrogen (secondary N) is 1. The smallest absolute Gasteiger partial charge is 0.262 e. The molecule has 1 amide bonds. The molecular weight excluding hydrogens is 346 g/mol. The molecule has 114 valence electrons. The number of rotatable bonds is 6. The summed E-state index contributed by atoms with van der Waals surface area (Å²) < 4.78 is 6.21. The van der Waals surface area contributed by atoms with E-state index in [0.29, 0.717) is 17.6 Å². The lowest BCUT2D eigenvalue weighted by atomic mass is 10.1. The molecule has 0 radical (unpaired) electrons. The normalized spacial score (nSPS) is 10.1. The predicted molar refractivity (Wildman–Crippen MR) is 89.5 cm³/mol. The summed E-state index contributed by atoms with van der Waals surface area (Å²) in [5.74, 6) is 0.123. The molecule has 0 saturated heterocycles. The lowest BCUT2D eigenvalue weighted by molar-refractivity contribution is -0.118. The van der Waals surface area contributed by atoms with Gasteiger partial charge < -0.3 is 10.1 Å². The molecule has 0 heterocycles. The number of amides is 1. The maximum Gasteiger partial charge on any atom is 0.262 e. The van der Waals surface area contributed by atoms with Crippen LogP contribution in [-0.4, -0.2) is 18.8 Å². The highest BCUT2D eigenvalue weighted by Crippen LogP contribution is 2.22. The van der Waals surface area contributed by atoms with Crippen molar-refractivity contribution in [2.24, 2.45) is 0 Å². The molecule has 1 N–H and O–H groups in total. The minimum atomic E-state index is -0.263. The van der Waals surface area contributed by atoms with Crippen molar-refractivity contribution in [3.63, 3.8) is 0 Å². The Bertz CT molecular complexity index is 685. The van der Waals surface area contributed by atoms with Gasteiger partial charge in [0.05, 0.1) is 5.56 Å². The van der Waals surface area contributed by atoms with Gasteiger partial charge in [-0.1, -0.05) is 41.1 Å². The molecule has 2 aromatic carbocycles. The van der Waals surface area contributed by atoms with Gasteiger partial charge in [0.2, 0.25) is 0 Å². The van der Waals surface area contributed by atoms with Gasteiger partial charge in [0.1, 0.15) is 5.75 Å². The highest BCUT2D eigenvalue weighted by atomic mass is 79.9. The summed E-state index contributed by atoms with van der Waals surface area (Å²) in [5, 5.41) is 2.82. The first-order chi connectivity index (χ1) is 10.6. The molecule has 0 saturated carbocycles. The number of hydrogen-bond acceptors (Lipinski definition) is 3. The summed E-state index contributed by atoms with van der Waals surface area (Å²) in [6.07, 6.45) is 1.53. The number of ether oxygens (including phenoxy) is 1. The van der Waals surface area contributed by atoms with E-state index in [-0.39, 0.29) is 12.5 Å². The van der Waals surface area contributed by atoms with Crippen LogP contribution in [-0.2, 0) is 11.2 Å². The summed E-state index contributed by atoms with van der Waals surface area (Å²) >= 11 is 3.28. The van der Waals surface area contributed by atoms with E-state index in [1.165, 1.54) is 0 Å². The molecule has 0 spiro atoms. The van der Waals surface area contributed by atoms with Crippen molar-refractivity contribution in [2.75, 3.05) is 11.9 Å². The minimum Gasteiger partial charge on any atom is -0.483 e. The van der Waals surface area contributed by atoms with Crippen LogP contribution < -0.4 is 10.1 Å². The quantitative estimate of drug-likeness (QED) is 0.795. The van der Waals surface area contributed by atoms with Crippen molar-refractivity contribution in [1.82, 2.24) is 0 Å². The number of aldehydes is 1. The van der Waals surface area contributed by atoms with Gasteiger partial charge in [0.25, 0.3) is 5.91 Å². The van der Waals surface area contributed by atoms with Crippen molar-refractivity contribution >= 4 is 33.8 Å². The third-order valence-corrected chi connectivity index (χ3v) is 3.62. The first-order valence-electron chi connectivity index (χ1n) is 6.89. The number of halogens is 1. The standard InChI is InChI=1S/C17H16BrNO3/c1-2-12-5-3-4-6-15(12)19-17(21)11-22-16-8-7-14(18)9-13(16)10-20/h3-10H,2,11H2,1H3,(H,19,21). The van der Waals surface area contributed by atoms with Crippen LogP contribution in [0.25, 0.3) is 0 Å². The van der Waals surface area contributed by atoms with E-state index < -0.39 is 0 Å². The number of hydrogen-bond donors (Lipinski definition) is 1. The van der Waals surface area contributed by atoms with E-state index >= 15 is 0 Å². The van der Waals surface area contributed by atoms with E-state index in [0.717, 1.165) is 22.1 Å². The largest absolute Gasteiger partial charge is 0.483 e. The lowest BCUT2D eigenvalue weighted by Gasteiger charge is -2.11. The molecule has 4 nitrogen and oxygen atoms in total. The van der Waals surface area contributed by atoms with E-state index in [9.17, 15) is 9.59 Å². The molecule has 0 bridgehead atoms. The number of benzene rings is 2. The lowest BCUT2D eigenvalue weighted by Crippen LogP contribution is -2.21. The second-order valence-electron chi connectivity index (χ2n) is 4.65. The Morgan fingerprint density at radius 3 is 2.77 bits per heavy atom. The molecule has 5 heteroatoms. The van der Waals surface area contributed by atoms with E-state index in [1.807, 2.05) is 31.2 Å². The first-order valence-corrected chi connectivity index (χ1v) is 7.68. The SMILES string of the molecule is CCc1ccccc1NC(=O)COc1ccc(Br)cc1C=O. The molecule has 0 atom stereocenters. The van der Waals surface area contributed by atoms with Crippen LogP contribution >= 0.6 is 15.9 Å². The highest BCUT2D eigenvalue weighted by molar-refractivity contribution is 9.10. The molecule has 0 fully saturated rings. The van der Waals surface area contributed by atoms with Gasteiger partial charge in [-0.05, 0) is 36.2 Å². The summed E-state index contributed by atoms with van der Waals surface area (Å²) in [5.41, 5.74) is 2.24. The molecule has 2 aromatic rings. The van der Waals surface area contributed by atoms with Gasteiger partial charge in [0.15, 0.2) is 12.9 Å². The van der Waals surface area contributed by atoms with Crippen molar-refractivity contribution < 1.29 is 14.3 Å². The first kappa shape index (κ1) is 16.2. The van der Waals surface area contributed by atoms with Crippen LogP contribution in [0, 0.1) is 0 Å². The van der Waals surface area contributed by atoms with Crippen LogP contribution in [0.2, 0.25) is 0 Å². The van der Waals surface area contributed by atoms with Crippen molar-refractivity contribution in [3.8, 4) is 5.75 Å². The highest BCUT2D eigenvalue weighted by Gasteiger charge is 2.09.